The molecule has 2 heterocycles. The third-order valence-corrected chi connectivity index (χ3v) is 4.89. The molecule has 0 spiro atoms. The van der Waals surface area contributed by atoms with Crippen molar-refractivity contribution in [1.82, 2.24) is 0 Å². The topological polar surface area (TPSA) is 81.7 Å². The van der Waals surface area contributed by atoms with Crippen molar-refractivity contribution in [2.45, 2.75) is 20.8 Å². The number of hydrogen-bond acceptors (Lipinski definition) is 5. The summed E-state index contributed by atoms with van der Waals surface area (Å²) < 4.78 is 17.0. The Morgan fingerprint density at radius 2 is 1.87 bits per heavy atom. The van der Waals surface area contributed by atoms with Crippen LogP contribution in [0, 0.1) is 20.8 Å². The van der Waals surface area contributed by atoms with E-state index in [1.165, 1.54) is 6.26 Å². The Labute approximate surface area is 173 Å². The van der Waals surface area contributed by atoms with Gasteiger partial charge in [-0.25, -0.2) is 0 Å². The van der Waals surface area contributed by atoms with E-state index < -0.39 is 0 Å². The Hall–Kier alpha value is -3.80. The summed E-state index contributed by atoms with van der Waals surface area (Å²) in [5, 5.41) is 3.16. The van der Waals surface area contributed by atoms with Crippen LogP contribution in [0.5, 0.6) is 5.75 Å². The van der Waals surface area contributed by atoms with E-state index in [1.807, 2.05) is 45.0 Å². The summed E-state index contributed by atoms with van der Waals surface area (Å²) in [4.78, 5) is 25.5. The molecule has 0 radical (unpaired) electrons. The van der Waals surface area contributed by atoms with Gasteiger partial charge in [0.15, 0.2) is 12.4 Å². The molecule has 0 unspecified atom stereocenters. The van der Waals surface area contributed by atoms with E-state index in [0.29, 0.717) is 22.4 Å². The SMILES string of the molecule is Cc1ccc2oc(-c3ccco3)c(OCC(=O)Nc3ccc(C)c(C)c3)c(=O)c2c1. The first-order valence-electron chi connectivity index (χ1n) is 9.53. The number of carbonyl (C=O) groups is 1. The van der Waals surface area contributed by atoms with Gasteiger partial charge in [-0.1, -0.05) is 17.7 Å². The number of ether oxygens (including phenoxy) is 1. The molecule has 0 atom stereocenters. The second-order valence-electron chi connectivity index (χ2n) is 7.20. The minimum absolute atomic E-state index is 0.0571. The fourth-order valence-electron chi connectivity index (χ4n) is 3.15. The second-order valence-corrected chi connectivity index (χ2v) is 7.20. The van der Waals surface area contributed by atoms with Gasteiger partial charge in [0.05, 0.1) is 11.6 Å². The molecule has 4 rings (SSSR count). The molecule has 6 nitrogen and oxygen atoms in total. The Morgan fingerprint density at radius 1 is 1.03 bits per heavy atom. The molecule has 1 amide bonds. The number of nitrogens with one attached hydrogen (secondary N) is 1. The lowest BCUT2D eigenvalue weighted by Crippen LogP contribution is -2.22. The normalized spacial score (nSPS) is 10.9. The van der Waals surface area contributed by atoms with Crippen LogP contribution in [0.4, 0.5) is 5.69 Å². The standard InChI is InChI=1S/C24H21NO5/c1-14-6-9-19-18(11-14)22(27)24(23(30-19)20-5-4-10-28-20)29-13-21(26)25-17-8-7-15(2)16(3)12-17/h4-12H,13H2,1-3H3,(H,25,26). The molecule has 0 saturated heterocycles. The molecule has 0 aliphatic carbocycles. The Bertz CT molecular complexity index is 1290. The van der Waals surface area contributed by atoms with Gasteiger partial charge in [0, 0.05) is 5.69 Å². The molecular weight excluding hydrogens is 382 g/mol. The smallest absolute Gasteiger partial charge is 0.262 e. The number of aryl methyl sites for hydroxylation is 3. The zero-order chi connectivity index (χ0) is 21.3. The number of amides is 1. The lowest BCUT2D eigenvalue weighted by Gasteiger charge is -2.11. The molecule has 0 aliphatic rings. The summed E-state index contributed by atoms with van der Waals surface area (Å²) in [6.45, 7) is 5.51. The van der Waals surface area contributed by atoms with Crippen LogP contribution in [-0.2, 0) is 4.79 Å². The van der Waals surface area contributed by atoms with E-state index in [-0.39, 0.29) is 29.5 Å². The van der Waals surface area contributed by atoms with Crippen molar-refractivity contribution < 1.29 is 18.4 Å². The third-order valence-electron chi connectivity index (χ3n) is 4.89. The Balaban J connectivity index is 1.64. The highest BCUT2D eigenvalue weighted by atomic mass is 16.5. The molecule has 1 N–H and O–H groups in total. The maximum absolute atomic E-state index is 13.1. The van der Waals surface area contributed by atoms with Crippen LogP contribution in [0.1, 0.15) is 16.7 Å². The fourth-order valence-corrected chi connectivity index (χ4v) is 3.15. The van der Waals surface area contributed by atoms with Crippen molar-refractivity contribution in [3.63, 3.8) is 0 Å². The van der Waals surface area contributed by atoms with Crippen LogP contribution in [0.15, 0.2) is 68.4 Å². The van der Waals surface area contributed by atoms with Crippen LogP contribution in [-0.4, -0.2) is 12.5 Å². The number of fused-ring (bicyclic) bond motifs is 1. The van der Waals surface area contributed by atoms with Crippen molar-refractivity contribution in [2.75, 3.05) is 11.9 Å². The largest absolute Gasteiger partial charge is 0.476 e. The van der Waals surface area contributed by atoms with E-state index in [2.05, 4.69) is 5.32 Å². The maximum Gasteiger partial charge on any atom is 0.262 e. The summed E-state index contributed by atoms with van der Waals surface area (Å²) in [5.74, 6) is 0.0603. The number of furan rings is 1. The molecule has 6 heteroatoms. The van der Waals surface area contributed by atoms with Gasteiger partial charge in [0.25, 0.3) is 5.91 Å². The van der Waals surface area contributed by atoms with Gasteiger partial charge < -0.3 is 18.9 Å². The van der Waals surface area contributed by atoms with Crippen LogP contribution >= 0.6 is 0 Å². The van der Waals surface area contributed by atoms with E-state index in [0.717, 1.165) is 16.7 Å². The van der Waals surface area contributed by atoms with E-state index >= 15 is 0 Å². The first-order valence-corrected chi connectivity index (χ1v) is 9.53. The average Bonchev–Trinajstić information content (AvgIpc) is 3.25. The molecule has 30 heavy (non-hydrogen) atoms. The van der Waals surface area contributed by atoms with Gasteiger partial charge in [-0.15, -0.1) is 0 Å². The molecule has 2 aromatic carbocycles. The zero-order valence-corrected chi connectivity index (χ0v) is 16.9. The average molecular weight is 403 g/mol. The number of anilines is 1. The number of carbonyl (C=O) groups excluding carboxylic acids is 1. The van der Waals surface area contributed by atoms with Crippen molar-refractivity contribution in [1.29, 1.82) is 0 Å². The van der Waals surface area contributed by atoms with E-state index in [9.17, 15) is 9.59 Å². The van der Waals surface area contributed by atoms with Crippen LogP contribution < -0.4 is 15.5 Å². The number of benzene rings is 2. The number of rotatable bonds is 5. The van der Waals surface area contributed by atoms with Crippen LogP contribution in [0.2, 0.25) is 0 Å². The molecule has 0 fully saturated rings. The molecule has 0 bridgehead atoms. The molecule has 2 aromatic heterocycles. The van der Waals surface area contributed by atoms with Crippen molar-refractivity contribution in [2.24, 2.45) is 0 Å². The molecule has 0 saturated carbocycles. The highest BCUT2D eigenvalue weighted by Gasteiger charge is 2.20. The molecule has 0 aliphatic heterocycles. The van der Waals surface area contributed by atoms with E-state index in [4.69, 9.17) is 13.6 Å². The lowest BCUT2D eigenvalue weighted by molar-refractivity contribution is -0.118. The van der Waals surface area contributed by atoms with Crippen LogP contribution in [0.25, 0.3) is 22.5 Å². The van der Waals surface area contributed by atoms with Gasteiger partial charge in [0.1, 0.15) is 5.58 Å². The van der Waals surface area contributed by atoms with Crippen molar-refractivity contribution in [3.05, 3.63) is 81.7 Å². The first-order chi connectivity index (χ1) is 14.4. The Morgan fingerprint density at radius 3 is 2.60 bits per heavy atom. The van der Waals surface area contributed by atoms with Gasteiger partial charge in [0.2, 0.25) is 16.9 Å². The van der Waals surface area contributed by atoms with Crippen molar-refractivity contribution >= 4 is 22.6 Å². The zero-order valence-electron chi connectivity index (χ0n) is 16.9. The molecular formula is C24H21NO5. The van der Waals surface area contributed by atoms with Gasteiger partial charge in [-0.3, -0.25) is 9.59 Å². The highest BCUT2D eigenvalue weighted by molar-refractivity contribution is 5.92. The number of hydrogen-bond donors (Lipinski definition) is 1. The lowest BCUT2D eigenvalue weighted by atomic mass is 10.1. The fraction of sp³-hybridized carbons (Fsp3) is 0.167. The predicted molar refractivity (Wildman–Crippen MR) is 115 cm³/mol. The summed E-state index contributed by atoms with van der Waals surface area (Å²) >= 11 is 0. The quantitative estimate of drug-likeness (QED) is 0.507. The maximum atomic E-state index is 13.1. The van der Waals surface area contributed by atoms with Gasteiger partial charge >= 0.3 is 0 Å². The summed E-state index contributed by atoms with van der Waals surface area (Å²) in [6.07, 6.45) is 1.48. The Kier molecular flexibility index (Phi) is 5.14. The highest BCUT2D eigenvalue weighted by Crippen LogP contribution is 2.31. The monoisotopic (exact) mass is 403 g/mol. The summed E-state index contributed by atoms with van der Waals surface area (Å²) in [5.41, 5.74) is 3.85. The molecule has 152 valence electrons. The summed E-state index contributed by atoms with van der Waals surface area (Å²) in [7, 11) is 0. The van der Waals surface area contributed by atoms with Crippen LogP contribution in [0.3, 0.4) is 0 Å². The minimum atomic E-state index is -0.382. The van der Waals surface area contributed by atoms with Gasteiger partial charge in [-0.05, 0) is 68.3 Å². The first kappa shape index (κ1) is 19.5. The van der Waals surface area contributed by atoms with E-state index in [1.54, 1.807) is 24.3 Å². The second kappa shape index (κ2) is 7.91. The summed E-state index contributed by atoms with van der Waals surface area (Å²) in [6, 6.07) is 14.3. The van der Waals surface area contributed by atoms with Crippen molar-refractivity contribution in [3.8, 4) is 17.3 Å². The van der Waals surface area contributed by atoms with Gasteiger partial charge in [-0.2, -0.15) is 0 Å². The third kappa shape index (κ3) is 3.85. The minimum Gasteiger partial charge on any atom is -0.476 e. The predicted octanol–water partition coefficient (Wildman–Crippen LogP) is 5.00. The molecule has 4 aromatic rings.